The van der Waals surface area contributed by atoms with Crippen molar-refractivity contribution in [1.82, 2.24) is 4.57 Å². The maximum Gasteiger partial charge on any atom is 0.318 e. The minimum absolute atomic E-state index is 0.380. The first kappa shape index (κ1) is 21.9. The number of para-hydroxylation sites is 3. The van der Waals surface area contributed by atoms with Crippen molar-refractivity contribution in [2.45, 2.75) is 19.4 Å². The van der Waals surface area contributed by atoms with E-state index < -0.39 is 17.8 Å². The van der Waals surface area contributed by atoms with Gasteiger partial charge in [-0.15, -0.1) is 0 Å². The summed E-state index contributed by atoms with van der Waals surface area (Å²) in [5, 5.41) is 5.07. The molecule has 1 amide bonds. The summed E-state index contributed by atoms with van der Waals surface area (Å²) in [7, 11) is 0. The summed E-state index contributed by atoms with van der Waals surface area (Å²) in [4.78, 5) is 25.9. The van der Waals surface area contributed by atoms with Gasteiger partial charge in [-0.25, -0.2) is 0 Å². The van der Waals surface area contributed by atoms with Crippen LogP contribution in [0.1, 0.15) is 24.0 Å². The lowest BCUT2D eigenvalue weighted by atomic mass is 9.88. The van der Waals surface area contributed by atoms with Crippen LogP contribution in [0, 0.1) is 0 Å². The Kier molecular flexibility index (Phi) is 5.41. The second-order valence-corrected chi connectivity index (χ2v) is 8.76. The molecule has 0 saturated heterocycles. The molecule has 1 aromatic heterocycles. The van der Waals surface area contributed by atoms with E-state index in [1.54, 1.807) is 0 Å². The molecule has 0 unspecified atom stereocenters. The molecule has 6 heteroatoms. The highest BCUT2D eigenvalue weighted by atomic mass is 16.5. The Hall–Kier alpha value is -4.58. The average Bonchev–Trinajstić information content (AvgIpc) is 3.23. The molecule has 0 atom stereocenters. The molecule has 1 aliphatic heterocycles. The van der Waals surface area contributed by atoms with Gasteiger partial charge in [0.15, 0.2) is 6.61 Å². The summed E-state index contributed by atoms with van der Waals surface area (Å²) in [6.07, 6.45) is 0. The third kappa shape index (κ3) is 3.67. The molecule has 6 rings (SSSR count). The van der Waals surface area contributed by atoms with E-state index in [1.807, 2.05) is 78.9 Å². The lowest BCUT2D eigenvalue weighted by Crippen LogP contribution is -2.26. The number of hydrogen-bond donors (Lipinski definition) is 1. The summed E-state index contributed by atoms with van der Waals surface area (Å²) in [5.74, 6) is -0.315. The summed E-state index contributed by atoms with van der Waals surface area (Å²) in [6, 6.07) is 28.8. The van der Waals surface area contributed by atoms with E-state index in [2.05, 4.69) is 28.9 Å². The molecule has 36 heavy (non-hydrogen) atoms. The van der Waals surface area contributed by atoms with Gasteiger partial charge in [0.1, 0.15) is 17.4 Å². The van der Waals surface area contributed by atoms with Gasteiger partial charge in [-0.3, -0.25) is 9.59 Å². The third-order valence-corrected chi connectivity index (χ3v) is 6.63. The molecule has 4 aromatic carbocycles. The maximum absolute atomic E-state index is 13.2. The van der Waals surface area contributed by atoms with Crippen LogP contribution in [0.2, 0.25) is 0 Å². The predicted molar refractivity (Wildman–Crippen MR) is 140 cm³/mol. The number of amides is 1. The molecule has 0 saturated carbocycles. The lowest BCUT2D eigenvalue weighted by Gasteiger charge is -2.26. The van der Waals surface area contributed by atoms with Crippen molar-refractivity contribution in [1.29, 1.82) is 0 Å². The van der Waals surface area contributed by atoms with Crippen molar-refractivity contribution < 1.29 is 19.1 Å². The van der Waals surface area contributed by atoms with E-state index in [4.69, 9.17) is 9.47 Å². The number of fused-ring (bicyclic) bond motifs is 5. The summed E-state index contributed by atoms with van der Waals surface area (Å²) in [6.45, 7) is 2.59. The maximum atomic E-state index is 13.2. The normalized spacial score (nSPS) is 12.6. The van der Waals surface area contributed by atoms with Crippen LogP contribution in [0.3, 0.4) is 0 Å². The number of nitrogens with zero attached hydrogens (tertiary/aromatic N) is 1. The van der Waals surface area contributed by atoms with Gasteiger partial charge in [0, 0.05) is 45.2 Å². The number of nitrogens with one attached hydrogen (secondary N) is 1. The summed E-state index contributed by atoms with van der Waals surface area (Å²) >= 11 is 0. The highest BCUT2D eigenvalue weighted by Crippen LogP contribution is 2.44. The zero-order valence-corrected chi connectivity index (χ0v) is 19.7. The van der Waals surface area contributed by atoms with Crippen molar-refractivity contribution in [3.63, 3.8) is 0 Å². The first-order valence-electron chi connectivity index (χ1n) is 12.0. The Morgan fingerprint density at radius 2 is 1.47 bits per heavy atom. The number of esters is 1. The van der Waals surface area contributed by atoms with E-state index in [9.17, 15) is 9.59 Å². The zero-order valence-electron chi connectivity index (χ0n) is 19.7. The van der Waals surface area contributed by atoms with Crippen molar-refractivity contribution in [3.8, 4) is 11.5 Å². The second-order valence-electron chi connectivity index (χ2n) is 8.76. The molecule has 1 N–H and O–H groups in total. The van der Waals surface area contributed by atoms with Gasteiger partial charge in [-0.05, 0) is 43.3 Å². The van der Waals surface area contributed by atoms with E-state index in [0.717, 1.165) is 39.5 Å². The molecule has 1 aliphatic rings. The van der Waals surface area contributed by atoms with E-state index >= 15 is 0 Å². The van der Waals surface area contributed by atoms with Gasteiger partial charge >= 0.3 is 5.97 Å². The number of rotatable bonds is 5. The Labute approximate surface area is 208 Å². The number of carbonyl (C=O) groups is 2. The van der Waals surface area contributed by atoms with Crippen LogP contribution in [0.25, 0.3) is 21.8 Å². The molecular weight excluding hydrogens is 452 g/mol. The molecule has 0 aliphatic carbocycles. The van der Waals surface area contributed by atoms with Gasteiger partial charge < -0.3 is 19.4 Å². The number of carbonyl (C=O) groups excluding carboxylic acids is 2. The monoisotopic (exact) mass is 476 g/mol. The third-order valence-electron chi connectivity index (χ3n) is 6.63. The first-order chi connectivity index (χ1) is 17.6. The largest absolute Gasteiger partial charge is 0.457 e. The van der Waals surface area contributed by atoms with Gasteiger partial charge in [0.2, 0.25) is 0 Å². The van der Waals surface area contributed by atoms with Crippen LogP contribution < -0.4 is 10.1 Å². The fraction of sp³-hybridized carbons (Fsp3) is 0.133. The van der Waals surface area contributed by atoms with Gasteiger partial charge in [0.25, 0.3) is 5.91 Å². The lowest BCUT2D eigenvalue weighted by molar-refractivity contribution is -0.148. The zero-order chi connectivity index (χ0) is 24.6. The standard InChI is InChI=1S/C30H24N2O4/c1-2-32-24-12-6-3-9-20(24)23-17-19(15-16-25(23)32)31-28(33)18-35-30(34)29-21-10-4-7-13-26(21)36-27-14-8-5-11-22(27)29/h3-17,29H,2,18H2,1H3,(H,31,33). The van der Waals surface area contributed by atoms with Crippen molar-refractivity contribution >= 4 is 39.4 Å². The van der Waals surface area contributed by atoms with Crippen LogP contribution in [0.5, 0.6) is 11.5 Å². The van der Waals surface area contributed by atoms with Crippen LogP contribution in [0.15, 0.2) is 91.0 Å². The minimum atomic E-state index is -0.657. The molecule has 178 valence electrons. The molecule has 2 heterocycles. The Bertz CT molecular complexity index is 1590. The number of anilines is 1. The number of benzene rings is 4. The molecule has 0 spiro atoms. The van der Waals surface area contributed by atoms with Crippen molar-refractivity contribution in [2.75, 3.05) is 11.9 Å². The smallest absolute Gasteiger partial charge is 0.318 e. The van der Waals surface area contributed by atoms with Gasteiger partial charge in [-0.2, -0.15) is 0 Å². The van der Waals surface area contributed by atoms with Crippen LogP contribution in [0.4, 0.5) is 5.69 Å². The van der Waals surface area contributed by atoms with Gasteiger partial charge in [0.05, 0.1) is 0 Å². The summed E-state index contributed by atoms with van der Waals surface area (Å²) < 4.78 is 13.7. The second kappa shape index (κ2) is 8.89. The molecule has 5 aromatic rings. The highest BCUT2D eigenvalue weighted by molar-refractivity contribution is 6.10. The molecule has 0 radical (unpaired) electrons. The van der Waals surface area contributed by atoms with E-state index in [0.29, 0.717) is 17.2 Å². The Morgan fingerprint density at radius 3 is 2.19 bits per heavy atom. The topological polar surface area (TPSA) is 69.6 Å². The molecule has 6 nitrogen and oxygen atoms in total. The first-order valence-corrected chi connectivity index (χ1v) is 12.0. The number of aromatic nitrogens is 1. The van der Waals surface area contributed by atoms with Crippen molar-refractivity contribution in [3.05, 3.63) is 102 Å². The summed E-state index contributed by atoms with van der Waals surface area (Å²) in [5.41, 5.74) is 4.37. The highest BCUT2D eigenvalue weighted by Gasteiger charge is 2.33. The minimum Gasteiger partial charge on any atom is -0.457 e. The molecule has 0 fully saturated rings. The van der Waals surface area contributed by atoms with Crippen molar-refractivity contribution in [2.24, 2.45) is 0 Å². The molecular formula is C30H24N2O4. The van der Waals surface area contributed by atoms with Crippen LogP contribution in [-0.4, -0.2) is 23.1 Å². The SMILES string of the molecule is CCn1c2ccccc2c2cc(NC(=O)COC(=O)C3c4ccccc4Oc4ccccc43)ccc21. The van der Waals surface area contributed by atoms with E-state index in [1.165, 1.54) is 0 Å². The average molecular weight is 477 g/mol. The van der Waals surface area contributed by atoms with Gasteiger partial charge in [-0.1, -0.05) is 54.6 Å². The Balaban J connectivity index is 1.20. The number of ether oxygens (including phenoxy) is 2. The number of aryl methyl sites for hydroxylation is 1. The van der Waals surface area contributed by atoms with E-state index in [-0.39, 0.29) is 6.61 Å². The fourth-order valence-electron chi connectivity index (χ4n) is 5.05. The quantitative estimate of drug-likeness (QED) is 0.305. The fourth-order valence-corrected chi connectivity index (χ4v) is 5.05. The Morgan fingerprint density at radius 1 is 0.833 bits per heavy atom. The predicted octanol–water partition coefficient (Wildman–Crippen LogP) is 6.23. The van der Waals surface area contributed by atoms with Crippen LogP contribution in [-0.2, 0) is 20.9 Å². The molecule has 0 bridgehead atoms. The van der Waals surface area contributed by atoms with Crippen LogP contribution >= 0.6 is 0 Å². The number of hydrogen-bond acceptors (Lipinski definition) is 4.